The molecule has 1 aliphatic rings. The SMILES string of the molecule is COc1ccccc1N=C1NC(=O)C(=Cc2cccc(Br)c2)S1. The first kappa shape index (κ1) is 15.8. The van der Waals surface area contributed by atoms with Gasteiger partial charge in [0.05, 0.1) is 12.0 Å². The van der Waals surface area contributed by atoms with Crippen LogP contribution in [0, 0.1) is 0 Å². The summed E-state index contributed by atoms with van der Waals surface area (Å²) in [6.07, 6.45) is 1.84. The second-order valence-corrected chi connectivity index (χ2v) is 6.65. The summed E-state index contributed by atoms with van der Waals surface area (Å²) in [4.78, 5) is 17.2. The Kier molecular flexibility index (Phi) is 4.83. The quantitative estimate of drug-likeness (QED) is 0.795. The zero-order valence-electron chi connectivity index (χ0n) is 12.2. The van der Waals surface area contributed by atoms with Crippen molar-refractivity contribution in [3.05, 3.63) is 63.5 Å². The van der Waals surface area contributed by atoms with Gasteiger partial charge in [0.2, 0.25) is 0 Å². The molecule has 0 radical (unpaired) electrons. The molecule has 1 N–H and O–H groups in total. The summed E-state index contributed by atoms with van der Waals surface area (Å²) in [5.41, 5.74) is 1.64. The van der Waals surface area contributed by atoms with E-state index in [4.69, 9.17) is 4.74 Å². The van der Waals surface area contributed by atoms with Crippen LogP contribution in [-0.2, 0) is 4.79 Å². The Morgan fingerprint density at radius 1 is 1.22 bits per heavy atom. The third kappa shape index (κ3) is 3.83. The smallest absolute Gasteiger partial charge is 0.264 e. The van der Waals surface area contributed by atoms with Crippen LogP contribution in [0.1, 0.15) is 5.56 Å². The lowest BCUT2D eigenvalue weighted by Crippen LogP contribution is -2.19. The van der Waals surface area contributed by atoms with Gasteiger partial charge in [0.15, 0.2) is 5.17 Å². The van der Waals surface area contributed by atoms with Gasteiger partial charge in [-0.3, -0.25) is 4.79 Å². The van der Waals surface area contributed by atoms with E-state index in [0.29, 0.717) is 21.5 Å². The number of amides is 1. The number of nitrogens with one attached hydrogen (secondary N) is 1. The highest BCUT2D eigenvalue weighted by molar-refractivity contribution is 9.10. The minimum atomic E-state index is -0.149. The van der Waals surface area contributed by atoms with Crippen LogP contribution in [-0.4, -0.2) is 18.2 Å². The van der Waals surface area contributed by atoms with E-state index in [1.54, 1.807) is 7.11 Å². The van der Waals surface area contributed by atoms with Crippen LogP contribution < -0.4 is 10.1 Å². The number of nitrogens with zero attached hydrogens (tertiary/aromatic N) is 1. The summed E-state index contributed by atoms with van der Waals surface area (Å²) in [6.45, 7) is 0. The van der Waals surface area contributed by atoms with Crippen LogP contribution >= 0.6 is 27.7 Å². The van der Waals surface area contributed by atoms with Crippen molar-refractivity contribution < 1.29 is 9.53 Å². The fraction of sp³-hybridized carbons (Fsp3) is 0.0588. The molecule has 0 bridgehead atoms. The third-order valence-corrected chi connectivity index (χ3v) is 4.51. The van der Waals surface area contributed by atoms with Crippen molar-refractivity contribution in [2.75, 3.05) is 7.11 Å². The molecule has 2 aromatic carbocycles. The van der Waals surface area contributed by atoms with E-state index in [1.165, 1.54) is 11.8 Å². The molecule has 0 spiro atoms. The number of carbonyl (C=O) groups is 1. The van der Waals surface area contributed by atoms with E-state index < -0.39 is 0 Å². The van der Waals surface area contributed by atoms with E-state index in [2.05, 4.69) is 26.2 Å². The minimum absolute atomic E-state index is 0.149. The Bertz CT molecular complexity index is 818. The van der Waals surface area contributed by atoms with Gasteiger partial charge in [0.25, 0.3) is 5.91 Å². The van der Waals surface area contributed by atoms with E-state index in [1.807, 2.05) is 54.6 Å². The average molecular weight is 389 g/mol. The van der Waals surface area contributed by atoms with E-state index in [0.717, 1.165) is 10.0 Å². The highest BCUT2D eigenvalue weighted by Crippen LogP contribution is 2.32. The molecule has 1 amide bonds. The van der Waals surface area contributed by atoms with Gasteiger partial charge in [-0.15, -0.1) is 0 Å². The van der Waals surface area contributed by atoms with E-state index in [9.17, 15) is 4.79 Å². The normalized spacial score (nSPS) is 17.6. The molecule has 4 nitrogen and oxygen atoms in total. The molecule has 0 saturated carbocycles. The van der Waals surface area contributed by atoms with Crippen molar-refractivity contribution in [3.8, 4) is 5.75 Å². The maximum atomic E-state index is 12.1. The summed E-state index contributed by atoms with van der Waals surface area (Å²) in [5.74, 6) is 0.517. The highest BCUT2D eigenvalue weighted by atomic mass is 79.9. The van der Waals surface area contributed by atoms with Crippen LogP contribution in [0.2, 0.25) is 0 Å². The largest absolute Gasteiger partial charge is 0.494 e. The lowest BCUT2D eigenvalue weighted by molar-refractivity contribution is -0.115. The molecular weight excluding hydrogens is 376 g/mol. The third-order valence-electron chi connectivity index (χ3n) is 3.10. The number of halogens is 1. The van der Waals surface area contributed by atoms with Crippen molar-refractivity contribution in [1.29, 1.82) is 0 Å². The summed E-state index contributed by atoms with van der Waals surface area (Å²) in [6, 6.07) is 15.2. The predicted octanol–water partition coefficient (Wildman–Crippen LogP) is 4.35. The molecule has 3 rings (SSSR count). The Labute approximate surface area is 146 Å². The maximum absolute atomic E-state index is 12.1. The first-order chi connectivity index (χ1) is 11.2. The highest BCUT2D eigenvalue weighted by Gasteiger charge is 2.24. The van der Waals surface area contributed by atoms with Gasteiger partial charge in [-0.2, -0.15) is 0 Å². The topological polar surface area (TPSA) is 50.7 Å². The second-order valence-electron chi connectivity index (χ2n) is 4.71. The number of methoxy groups -OCH3 is 1. The number of rotatable bonds is 3. The number of para-hydroxylation sites is 2. The molecule has 0 aliphatic carbocycles. The van der Waals surface area contributed by atoms with E-state index >= 15 is 0 Å². The molecule has 1 fully saturated rings. The number of thioether (sulfide) groups is 1. The summed E-state index contributed by atoms with van der Waals surface area (Å²) in [5, 5.41) is 3.32. The van der Waals surface area contributed by atoms with Crippen LogP contribution in [0.25, 0.3) is 6.08 Å². The molecule has 23 heavy (non-hydrogen) atoms. The molecule has 1 saturated heterocycles. The van der Waals surface area contributed by atoms with Crippen molar-refractivity contribution in [2.24, 2.45) is 4.99 Å². The van der Waals surface area contributed by atoms with Gasteiger partial charge in [0, 0.05) is 4.47 Å². The zero-order chi connectivity index (χ0) is 16.2. The molecule has 1 heterocycles. The van der Waals surface area contributed by atoms with E-state index in [-0.39, 0.29) is 5.91 Å². The molecule has 0 atom stereocenters. The van der Waals surface area contributed by atoms with Crippen LogP contribution in [0.3, 0.4) is 0 Å². The number of hydrogen-bond acceptors (Lipinski definition) is 4. The number of carbonyl (C=O) groups excluding carboxylic acids is 1. The molecule has 0 aromatic heterocycles. The molecule has 6 heteroatoms. The predicted molar refractivity (Wildman–Crippen MR) is 97.9 cm³/mol. The van der Waals surface area contributed by atoms with Gasteiger partial charge in [-0.1, -0.05) is 40.2 Å². The number of ether oxygens (including phenoxy) is 1. The summed E-state index contributed by atoms with van der Waals surface area (Å²) >= 11 is 4.74. The minimum Gasteiger partial charge on any atom is -0.494 e. The fourth-order valence-electron chi connectivity index (χ4n) is 2.06. The Hall–Kier alpha value is -2.05. The fourth-order valence-corrected chi connectivity index (χ4v) is 3.31. The zero-order valence-corrected chi connectivity index (χ0v) is 14.6. The first-order valence-corrected chi connectivity index (χ1v) is 8.45. The first-order valence-electron chi connectivity index (χ1n) is 6.84. The number of benzene rings is 2. The second kappa shape index (κ2) is 7.02. The Balaban J connectivity index is 1.86. The van der Waals surface area contributed by atoms with Crippen molar-refractivity contribution >= 4 is 50.5 Å². The van der Waals surface area contributed by atoms with Gasteiger partial charge in [-0.05, 0) is 47.7 Å². The lowest BCUT2D eigenvalue weighted by Gasteiger charge is -2.03. The Morgan fingerprint density at radius 3 is 2.83 bits per heavy atom. The molecule has 0 unspecified atom stereocenters. The van der Waals surface area contributed by atoms with Gasteiger partial charge in [-0.25, -0.2) is 4.99 Å². The van der Waals surface area contributed by atoms with Crippen LogP contribution in [0.5, 0.6) is 5.75 Å². The molecule has 1 aliphatic heterocycles. The monoisotopic (exact) mass is 388 g/mol. The van der Waals surface area contributed by atoms with Gasteiger partial charge in [0.1, 0.15) is 11.4 Å². The van der Waals surface area contributed by atoms with Crippen molar-refractivity contribution in [2.45, 2.75) is 0 Å². The van der Waals surface area contributed by atoms with Gasteiger partial charge < -0.3 is 10.1 Å². The number of hydrogen-bond donors (Lipinski definition) is 1. The maximum Gasteiger partial charge on any atom is 0.264 e. The summed E-state index contributed by atoms with van der Waals surface area (Å²) < 4.78 is 6.24. The lowest BCUT2D eigenvalue weighted by atomic mass is 10.2. The van der Waals surface area contributed by atoms with Crippen LogP contribution in [0.15, 0.2) is 62.9 Å². The van der Waals surface area contributed by atoms with Crippen molar-refractivity contribution in [1.82, 2.24) is 5.32 Å². The van der Waals surface area contributed by atoms with Crippen LogP contribution in [0.4, 0.5) is 5.69 Å². The molecule has 116 valence electrons. The molecule has 2 aromatic rings. The molecular formula is C17H13BrN2O2S. The standard InChI is InChI=1S/C17H13BrN2O2S/c1-22-14-8-3-2-7-13(14)19-17-20-16(21)15(23-17)10-11-5-4-6-12(18)9-11/h2-10H,1H3,(H,19,20,21). The number of aliphatic imine (C=N–C) groups is 1. The Morgan fingerprint density at radius 2 is 2.04 bits per heavy atom. The number of amidine groups is 1. The van der Waals surface area contributed by atoms with Crippen molar-refractivity contribution in [3.63, 3.8) is 0 Å². The average Bonchev–Trinajstić information content (AvgIpc) is 2.87. The summed E-state index contributed by atoms with van der Waals surface area (Å²) in [7, 11) is 1.60. The van der Waals surface area contributed by atoms with Gasteiger partial charge >= 0.3 is 0 Å².